The maximum Gasteiger partial charge on any atom is 0.460 e. The van der Waals surface area contributed by atoms with Gasteiger partial charge in [0.05, 0.1) is 19.8 Å². The summed E-state index contributed by atoms with van der Waals surface area (Å²) >= 11 is 0. The zero-order valence-corrected chi connectivity index (χ0v) is 23.6. The molecule has 1 N–H and O–H groups in total. The molecule has 0 fully saturated rings. The first-order valence-corrected chi connectivity index (χ1v) is 17.3. The number of aliphatic hydroxyl groups excluding tert-OH is 1. The number of unbranched alkanes of at least 4 members (excludes halogenated alkanes) is 3. The smallest absolute Gasteiger partial charge is 0.460 e. The lowest BCUT2D eigenvalue weighted by molar-refractivity contribution is -0.00838. The van der Waals surface area contributed by atoms with Gasteiger partial charge in [0.1, 0.15) is 0 Å². The highest BCUT2D eigenvalue weighted by atomic mass is 28.4. The number of hydrogen-bond donors (Lipinski definition) is 1. The summed E-state index contributed by atoms with van der Waals surface area (Å²) < 4.78 is 23.7. The quantitative estimate of drug-likeness (QED) is 0.174. The molecule has 0 bridgehead atoms. The van der Waals surface area contributed by atoms with Gasteiger partial charge in [-0.1, -0.05) is 33.6 Å². The molecule has 0 aliphatic carbocycles. The lowest BCUT2D eigenvalue weighted by Gasteiger charge is -2.30. The van der Waals surface area contributed by atoms with Crippen molar-refractivity contribution in [2.24, 2.45) is 11.3 Å². The van der Waals surface area contributed by atoms with E-state index >= 15 is 0 Å². The molecule has 31 heavy (non-hydrogen) atoms. The minimum atomic E-state index is -1.57. The predicted molar refractivity (Wildman–Crippen MR) is 136 cm³/mol. The van der Waals surface area contributed by atoms with E-state index in [-0.39, 0.29) is 12.0 Å². The summed E-state index contributed by atoms with van der Waals surface area (Å²) in [6.07, 6.45) is 8.37. The van der Waals surface area contributed by atoms with Crippen molar-refractivity contribution in [2.75, 3.05) is 39.6 Å². The standard InChI is InChI=1S/C24H52O5Si2/c1-8-24(21-25,16-14-18-26-9-2)22-27-17-12-10-11-13-19-28-30(20-15-23(3)4)29-31(5,6)7/h20,23,25H,8-19,21-22H2,1-7H3/b30-20+. The SMILES string of the molecule is CCOCCCC(CC)(CO)COCCCCCCO/[Si](=C\CC(C)C)O[Si](C)(C)C. The summed E-state index contributed by atoms with van der Waals surface area (Å²) in [5, 5.41) is 9.87. The van der Waals surface area contributed by atoms with Crippen LogP contribution in [0.2, 0.25) is 19.6 Å². The lowest BCUT2D eigenvalue weighted by Crippen LogP contribution is -2.33. The molecule has 1 unspecified atom stereocenters. The van der Waals surface area contributed by atoms with Gasteiger partial charge in [-0.05, 0) is 76.7 Å². The second kappa shape index (κ2) is 18.2. The topological polar surface area (TPSA) is 57.2 Å². The normalized spacial score (nSPS) is 14.7. The van der Waals surface area contributed by atoms with E-state index in [1.54, 1.807) is 0 Å². The molecular weight excluding hydrogens is 424 g/mol. The predicted octanol–water partition coefficient (Wildman–Crippen LogP) is 5.56. The highest BCUT2D eigenvalue weighted by molar-refractivity contribution is 6.77. The van der Waals surface area contributed by atoms with Gasteiger partial charge in [-0.2, -0.15) is 0 Å². The third-order valence-electron chi connectivity index (χ3n) is 5.28. The van der Waals surface area contributed by atoms with Gasteiger partial charge < -0.3 is 23.1 Å². The van der Waals surface area contributed by atoms with Crippen LogP contribution in [0.4, 0.5) is 0 Å². The Morgan fingerprint density at radius 2 is 1.58 bits per heavy atom. The van der Waals surface area contributed by atoms with Crippen LogP contribution in [0.3, 0.4) is 0 Å². The van der Waals surface area contributed by atoms with Gasteiger partial charge in [0.15, 0.2) is 0 Å². The van der Waals surface area contributed by atoms with E-state index in [1.807, 2.05) is 6.92 Å². The van der Waals surface area contributed by atoms with Crippen molar-refractivity contribution in [3.05, 3.63) is 0 Å². The Labute approximate surface area is 195 Å². The van der Waals surface area contributed by atoms with Gasteiger partial charge in [0.25, 0.3) is 0 Å². The van der Waals surface area contributed by atoms with Crippen molar-refractivity contribution in [1.82, 2.24) is 0 Å². The molecule has 0 saturated carbocycles. The van der Waals surface area contributed by atoms with E-state index in [0.29, 0.717) is 12.5 Å². The Morgan fingerprint density at radius 1 is 0.935 bits per heavy atom. The van der Waals surface area contributed by atoms with Crippen LogP contribution in [0, 0.1) is 11.3 Å². The van der Waals surface area contributed by atoms with Crippen molar-refractivity contribution in [3.63, 3.8) is 0 Å². The van der Waals surface area contributed by atoms with Crippen molar-refractivity contribution in [2.45, 2.75) is 98.7 Å². The Bertz CT molecular complexity index is 446. The van der Waals surface area contributed by atoms with E-state index in [2.05, 4.69) is 46.1 Å². The highest BCUT2D eigenvalue weighted by Gasteiger charge is 2.27. The lowest BCUT2D eigenvalue weighted by atomic mass is 9.82. The van der Waals surface area contributed by atoms with E-state index in [0.717, 1.165) is 77.8 Å². The molecule has 7 heteroatoms. The van der Waals surface area contributed by atoms with Gasteiger partial charge in [0, 0.05) is 25.2 Å². The van der Waals surface area contributed by atoms with E-state index in [1.165, 1.54) is 0 Å². The monoisotopic (exact) mass is 476 g/mol. The molecule has 0 aliphatic rings. The van der Waals surface area contributed by atoms with E-state index in [9.17, 15) is 5.11 Å². The van der Waals surface area contributed by atoms with Crippen molar-refractivity contribution in [3.8, 4) is 0 Å². The Morgan fingerprint density at radius 3 is 2.13 bits per heavy atom. The molecule has 0 rings (SSSR count). The Balaban J connectivity index is 4.00. The molecule has 0 aromatic heterocycles. The third-order valence-corrected chi connectivity index (χ3v) is 9.60. The zero-order valence-electron chi connectivity index (χ0n) is 21.6. The Hall–Kier alpha value is -0.216. The Kier molecular flexibility index (Phi) is 18.1. The first-order valence-electron chi connectivity index (χ1n) is 12.5. The molecule has 186 valence electrons. The summed E-state index contributed by atoms with van der Waals surface area (Å²) in [7, 11) is -2.82. The van der Waals surface area contributed by atoms with Gasteiger partial charge in [-0.3, -0.25) is 0 Å². The van der Waals surface area contributed by atoms with Crippen molar-refractivity contribution >= 4 is 22.9 Å². The number of rotatable bonds is 21. The summed E-state index contributed by atoms with van der Waals surface area (Å²) in [6, 6.07) is 0. The fourth-order valence-electron chi connectivity index (χ4n) is 3.17. The van der Waals surface area contributed by atoms with Crippen LogP contribution in [0.5, 0.6) is 0 Å². The molecule has 1 atom stereocenters. The number of ether oxygens (including phenoxy) is 2. The van der Waals surface area contributed by atoms with Gasteiger partial charge in [0.2, 0.25) is 8.32 Å². The minimum Gasteiger partial charge on any atom is -0.579 e. The molecule has 0 aliphatic heterocycles. The summed E-state index contributed by atoms with van der Waals surface area (Å²) in [5.41, 5.74) is 2.17. The minimum absolute atomic E-state index is 0.119. The first kappa shape index (κ1) is 30.8. The fraction of sp³-hybridized carbons (Fsp3) is 0.958. The first-order chi connectivity index (χ1) is 14.7. The van der Waals surface area contributed by atoms with Crippen LogP contribution in [-0.4, -0.2) is 67.6 Å². The molecule has 0 saturated heterocycles. The van der Waals surface area contributed by atoms with Crippen LogP contribution in [0.15, 0.2) is 0 Å². The summed E-state index contributed by atoms with van der Waals surface area (Å²) in [6.45, 7) is 19.2. The second-order valence-electron chi connectivity index (χ2n) is 9.99. The van der Waals surface area contributed by atoms with Crippen LogP contribution in [0.25, 0.3) is 0 Å². The molecule has 0 heterocycles. The summed E-state index contributed by atoms with van der Waals surface area (Å²) in [5.74, 6) is 0.649. The average molecular weight is 477 g/mol. The molecule has 0 aromatic carbocycles. The van der Waals surface area contributed by atoms with Crippen LogP contribution >= 0.6 is 0 Å². The fourth-order valence-corrected chi connectivity index (χ4v) is 7.28. The maximum absolute atomic E-state index is 9.87. The van der Waals surface area contributed by atoms with E-state index < -0.39 is 17.2 Å². The number of aliphatic hydroxyl groups is 1. The molecule has 0 aromatic rings. The van der Waals surface area contributed by atoms with Gasteiger partial charge in [-0.15, -0.1) is 0 Å². The molecule has 0 amide bonds. The van der Waals surface area contributed by atoms with Crippen LogP contribution in [0.1, 0.15) is 79.1 Å². The van der Waals surface area contributed by atoms with Crippen LogP contribution in [-0.2, 0) is 18.0 Å². The zero-order chi connectivity index (χ0) is 23.6. The maximum atomic E-state index is 9.87. The summed E-state index contributed by atoms with van der Waals surface area (Å²) in [4.78, 5) is 0. The third kappa shape index (κ3) is 18.0. The van der Waals surface area contributed by atoms with Crippen LogP contribution < -0.4 is 0 Å². The molecule has 0 spiro atoms. The molecule has 0 radical (unpaired) electrons. The largest absolute Gasteiger partial charge is 0.579 e. The van der Waals surface area contributed by atoms with Gasteiger partial charge >= 0.3 is 8.90 Å². The number of hydrogen-bond acceptors (Lipinski definition) is 5. The molecule has 5 nitrogen and oxygen atoms in total. The highest BCUT2D eigenvalue weighted by Crippen LogP contribution is 2.28. The molecular formula is C24H52O5Si2. The average Bonchev–Trinajstić information content (AvgIpc) is 2.71. The second-order valence-corrected chi connectivity index (χ2v) is 16.4. The van der Waals surface area contributed by atoms with Gasteiger partial charge in [-0.25, -0.2) is 0 Å². The van der Waals surface area contributed by atoms with E-state index in [4.69, 9.17) is 18.0 Å². The van der Waals surface area contributed by atoms with Crippen molar-refractivity contribution < 1.29 is 23.1 Å². The van der Waals surface area contributed by atoms with Crippen molar-refractivity contribution in [1.29, 1.82) is 0 Å².